The van der Waals surface area contributed by atoms with Gasteiger partial charge in [-0.15, -0.1) is 0 Å². The molecule has 1 aliphatic heterocycles. The predicted octanol–water partition coefficient (Wildman–Crippen LogP) is 3.09. The molecule has 1 fully saturated rings. The van der Waals surface area contributed by atoms with Gasteiger partial charge in [0.2, 0.25) is 0 Å². The summed E-state index contributed by atoms with van der Waals surface area (Å²) in [4.78, 5) is 26.2. The fourth-order valence-electron chi connectivity index (χ4n) is 3.44. The van der Waals surface area contributed by atoms with Crippen LogP contribution in [0.3, 0.4) is 0 Å². The molecule has 0 aromatic heterocycles. The van der Waals surface area contributed by atoms with Crippen LogP contribution >= 0.6 is 0 Å². The Balaban J connectivity index is 1.51. The van der Waals surface area contributed by atoms with Crippen molar-refractivity contribution in [1.82, 2.24) is 4.90 Å². The number of benzene rings is 2. The van der Waals surface area contributed by atoms with Crippen LogP contribution in [0.15, 0.2) is 48.5 Å². The van der Waals surface area contributed by atoms with E-state index in [2.05, 4.69) is 6.07 Å². The van der Waals surface area contributed by atoms with E-state index in [0.717, 1.165) is 17.7 Å². The van der Waals surface area contributed by atoms with Gasteiger partial charge in [0.25, 0.3) is 11.8 Å². The molecule has 1 aliphatic carbocycles. The molecule has 23 heavy (non-hydrogen) atoms. The quantitative estimate of drug-likeness (QED) is 0.815. The predicted molar refractivity (Wildman–Crippen MR) is 85.7 cm³/mol. The molecule has 2 aliphatic rings. The maximum Gasteiger partial charge on any atom is 0.261 e. The molecule has 1 saturated carbocycles. The van der Waals surface area contributed by atoms with E-state index in [-0.39, 0.29) is 11.8 Å². The summed E-state index contributed by atoms with van der Waals surface area (Å²) in [7, 11) is 1.67. The van der Waals surface area contributed by atoms with E-state index >= 15 is 0 Å². The first-order valence-electron chi connectivity index (χ1n) is 7.79. The number of ether oxygens (including phenoxy) is 1. The molecule has 0 radical (unpaired) electrons. The summed E-state index contributed by atoms with van der Waals surface area (Å²) >= 11 is 0. The number of carbonyl (C=O) groups is 2. The van der Waals surface area contributed by atoms with Gasteiger partial charge in [0, 0.05) is 6.54 Å². The van der Waals surface area contributed by atoms with Crippen LogP contribution in [0.2, 0.25) is 0 Å². The van der Waals surface area contributed by atoms with E-state index in [1.54, 1.807) is 31.4 Å². The average Bonchev–Trinajstić information content (AvgIpc) is 3.32. The van der Waals surface area contributed by atoms with Crippen molar-refractivity contribution in [2.75, 3.05) is 13.7 Å². The first-order chi connectivity index (χ1) is 11.2. The molecule has 2 aromatic rings. The van der Waals surface area contributed by atoms with Crippen LogP contribution in [0.25, 0.3) is 0 Å². The van der Waals surface area contributed by atoms with Crippen LogP contribution in [0.1, 0.15) is 38.6 Å². The van der Waals surface area contributed by atoms with Crippen LogP contribution < -0.4 is 4.74 Å². The van der Waals surface area contributed by atoms with Crippen LogP contribution in [0, 0.1) is 5.92 Å². The van der Waals surface area contributed by atoms with E-state index in [1.807, 2.05) is 18.2 Å². The lowest BCUT2D eigenvalue weighted by Crippen LogP contribution is -2.32. The molecule has 2 aromatic carbocycles. The lowest BCUT2D eigenvalue weighted by molar-refractivity contribution is 0.0646. The molecule has 116 valence electrons. The van der Waals surface area contributed by atoms with Gasteiger partial charge in [0.05, 0.1) is 18.2 Å². The second-order valence-electron chi connectivity index (χ2n) is 6.11. The van der Waals surface area contributed by atoms with Crippen LogP contribution in [-0.2, 0) is 0 Å². The normalized spacial score (nSPS) is 22.2. The Labute approximate surface area is 134 Å². The minimum Gasteiger partial charge on any atom is -0.496 e. The first-order valence-corrected chi connectivity index (χ1v) is 7.79. The highest BCUT2D eigenvalue weighted by molar-refractivity contribution is 6.21. The Morgan fingerprint density at radius 1 is 1.00 bits per heavy atom. The van der Waals surface area contributed by atoms with Gasteiger partial charge in [-0.05, 0) is 42.0 Å². The molecule has 4 heteroatoms. The molecule has 0 bridgehead atoms. The van der Waals surface area contributed by atoms with Gasteiger partial charge in [-0.1, -0.05) is 30.3 Å². The number of carbonyl (C=O) groups excluding carboxylic acids is 2. The summed E-state index contributed by atoms with van der Waals surface area (Å²) in [6.07, 6.45) is 0.980. The number of amides is 2. The Morgan fingerprint density at radius 2 is 1.61 bits per heavy atom. The van der Waals surface area contributed by atoms with Crippen molar-refractivity contribution < 1.29 is 14.3 Å². The van der Waals surface area contributed by atoms with E-state index in [1.165, 1.54) is 4.90 Å². The van der Waals surface area contributed by atoms with E-state index in [4.69, 9.17) is 4.74 Å². The van der Waals surface area contributed by atoms with Gasteiger partial charge in [-0.3, -0.25) is 14.5 Å². The highest BCUT2D eigenvalue weighted by Gasteiger charge is 2.45. The maximum atomic E-state index is 12.4. The zero-order valence-corrected chi connectivity index (χ0v) is 12.9. The molecule has 1 heterocycles. The molecule has 0 spiro atoms. The highest BCUT2D eigenvalue weighted by Crippen LogP contribution is 2.51. The summed E-state index contributed by atoms with van der Waals surface area (Å²) in [5, 5.41) is 0. The Hall–Kier alpha value is -2.62. The summed E-state index contributed by atoms with van der Waals surface area (Å²) in [6, 6.07) is 15.0. The minimum absolute atomic E-state index is 0.170. The lowest BCUT2D eigenvalue weighted by Gasteiger charge is -2.14. The number of imide groups is 1. The SMILES string of the molecule is COc1ccccc1C1CC1CN1C(=O)c2ccccc2C1=O. The van der Waals surface area contributed by atoms with Crippen molar-refractivity contribution in [1.29, 1.82) is 0 Å². The summed E-state index contributed by atoms with van der Waals surface area (Å²) in [6.45, 7) is 0.481. The minimum atomic E-state index is -0.170. The monoisotopic (exact) mass is 307 g/mol. The zero-order chi connectivity index (χ0) is 16.0. The van der Waals surface area contributed by atoms with E-state index in [9.17, 15) is 9.59 Å². The summed E-state index contributed by atoms with van der Waals surface area (Å²) in [5.41, 5.74) is 2.20. The Kier molecular flexibility index (Phi) is 3.18. The van der Waals surface area contributed by atoms with Gasteiger partial charge in [-0.25, -0.2) is 0 Å². The van der Waals surface area contributed by atoms with Gasteiger partial charge in [0.1, 0.15) is 5.75 Å². The lowest BCUT2D eigenvalue weighted by atomic mass is 10.1. The third-order valence-electron chi connectivity index (χ3n) is 4.76. The molecule has 2 amide bonds. The fraction of sp³-hybridized carbons (Fsp3) is 0.263. The highest BCUT2D eigenvalue weighted by atomic mass is 16.5. The molecular weight excluding hydrogens is 290 g/mol. The number of fused-ring (bicyclic) bond motifs is 1. The molecule has 2 atom stereocenters. The third-order valence-corrected chi connectivity index (χ3v) is 4.76. The largest absolute Gasteiger partial charge is 0.496 e. The van der Waals surface area contributed by atoms with Crippen molar-refractivity contribution in [3.8, 4) is 5.75 Å². The van der Waals surface area contributed by atoms with Gasteiger partial charge >= 0.3 is 0 Å². The van der Waals surface area contributed by atoms with Crippen molar-refractivity contribution in [3.05, 3.63) is 65.2 Å². The van der Waals surface area contributed by atoms with Gasteiger partial charge in [-0.2, -0.15) is 0 Å². The number of methoxy groups -OCH3 is 1. The second-order valence-corrected chi connectivity index (χ2v) is 6.11. The number of hydrogen-bond acceptors (Lipinski definition) is 3. The van der Waals surface area contributed by atoms with Crippen molar-refractivity contribution >= 4 is 11.8 Å². The van der Waals surface area contributed by atoms with Crippen LogP contribution in [0.4, 0.5) is 0 Å². The zero-order valence-electron chi connectivity index (χ0n) is 12.9. The smallest absolute Gasteiger partial charge is 0.261 e. The summed E-state index contributed by atoms with van der Waals surface area (Å²) < 4.78 is 5.41. The number of rotatable bonds is 4. The molecule has 4 nitrogen and oxygen atoms in total. The molecule has 4 rings (SSSR count). The van der Waals surface area contributed by atoms with Crippen molar-refractivity contribution in [3.63, 3.8) is 0 Å². The topological polar surface area (TPSA) is 46.6 Å². The molecule has 0 N–H and O–H groups in total. The van der Waals surface area contributed by atoms with Crippen LogP contribution in [-0.4, -0.2) is 30.4 Å². The number of para-hydroxylation sites is 1. The third kappa shape index (κ3) is 2.22. The first kappa shape index (κ1) is 14.0. The summed E-state index contributed by atoms with van der Waals surface area (Å²) in [5.74, 6) is 1.21. The van der Waals surface area contributed by atoms with Crippen LogP contribution in [0.5, 0.6) is 5.75 Å². The number of hydrogen-bond donors (Lipinski definition) is 0. The molecular formula is C19H17NO3. The fourth-order valence-corrected chi connectivity index (χ4v) is 3.44. The van der Waals surface area contributed by atoms with Crippen molar-refractivity contribution in [2.45, 2.75) is 12.3 Å². The maximum absolute atomic E-state index is 12.4. The molecule has 0 saturated heterocycles. The number of nitrogens with zero attached hydrogens (tertiary/aromatic N) is 1. The van der Waals surface area contributed by atoms with E-state index in [0.29, 0.717) is 29.5 Å². The average molecular weight is 307 g/mol. The molecule has 2 unspecified atom stereocenters. The standard InChI is InChI=1S/C19H17NO3/c1-23-17-9-5-4-6-13(17)16-10-12(16)11-20-18(21)14-7-2-3-8-15(14)19(20)22/h2-9,12,16H,10-11H2,1H3. The van der Waals surface area contributed by atoms with Crippen molar-refractivity contribution in [2.24, 2.45) is 5.92 Å². The van der Waals surface area contributed by atoms with Gasteiger partial charge < -0.3 is 4.74 Å². The Morgan fingerprint density at radius 3 is 2.26 bits per heavy atom. The van der Waals surface area contributed by atoms with Gasteiger partial charge in [0.15, 0.2) is 0 Å². The van der Waals surface area contributed by atoms with E-state index < -0.39 is 0 Å². The second kappa shape index (κ2) is 5.23. The Bertz CT molecular complexity index is 764.